The van der Waals surface area contributed by atoms with Crippen LogP contribution in [0, 0.1) is 0 Å². The number of fused-ring (bicyclic) bond motifs is 2. The van der Waals surface area contributed by atoms with Crippen molar-refractivity contribution in [2.24, 2.45) is 0 Å². The molecule has 0 spiro atoms. The monoisotopic (exact) mass is 401 g/mol. The molecule has 7 nitrogen and oxygen atoms in total. The van der Waals surface area contributed by atoms with Crippen molar-refractivity contribution in [3.8, 4) is 0 Å². The maximum atomic E-state index is 12.8. The molecule has 3 atom stereocenters. The van der Waals surface area contributed by atoms with Crippen LogP contribution in [0.5, 0.6) is 0 Å². The highest BCUT2D eigenvalue weighted by Crippen LogP contribution is 2.31. The van der Waals surface area contributed by atoms with E-state index in [0.717, 1.165) is 61.7 Å². The van der Waals surface area contributed by atoms with Gasteiger partial charge in [-0.2, -0.15) is 0 Å². The van der Waals surface area contributed by atoms with Gasteiger partial charge in [0.2, 0.25) is 5.82 Å². The number of halogens is 1. The number of rotatable bonds is 3. The molecule has 0 aliphatic carbocycles. The molecule has 5 rings (SSSR count). The maximum absolute atomic E-state index is 12.8. The molecule has 3 aliphatic rings. The van der Waals surface area contributed by atoms with Gasteiger partial charge >= 0.3 is 0 Å². The zero-order valence-electron chi connectivity index (χ0n) is 15.7. The van der Waals surface area contributed by atoms with Crippen LogP contribution in [0.4, 0.5) is 0 Å². The molecule has 1 aromatic carbocycles. The van der Waals surface area contributed by atoms with Crippen molar-refractivity contribution >= 4 is 17.5 Å². The molecule has 8 heteroatoms. The molecular weight excluding hydrogens is 378 g/mol. The van der Waals surface area contributed by atoms with Crippen molar-refractivity contribution < 1.29 is 9.53 Å². The van der Waals surface area contributed by atoms with Crippen LogP contribution in [0.2, 0.25) is 5.02 Å². The van der Waals surface area contributed by atoms with Gasteiger partial charge in [-0.05, 0) is 37.0 Å². The van der Waals surface area contributed by atoms with Gasteiger partial charge in [0, 0.05) is 43.2 Å². The molecule has 1 N–H and O–H groups in total. The Morgan fingerprint density at radius 2 is 2.04 bits per heavy atom. The molecule has 0 radical (unpaired) electrons. The predicted molar refractivity (Wildman–Crippen MR) is 104 cm³/mol. The lowest BCUT2D eigenvalue weighted by molar-refractivity contribution is -0.0502. The standard InChI is InChI=1S/C20H24ClN5O2/c21-14-6-4-13(5-7-14)17-11-25-10-15(9-16(25)12-28-17)22-20(27)19-24-23-18-3-1-2-8-26(18)19/h4-7,15-17H,1-3,8-12H2,(H,22,27)/t15-,16+,17-/m1/s1. The van der Waals surface area contributed by atoms with E-state index in [0.29, 0.717) is 18.5 Å². The van der Waals surface area contributed by atoms with Gasteiger partial charge in [-0.15, -0.1) is 10.2 Å². The second-order valence-corrected chi connectivity index (χ2v) is 8.37. The number of carbonyl (C=O) groups excluding carboxylic acids is 1. The third-order valence-electron chi connectivity index (χ3n) is 6.06. The Balaban J connectivity index is 1.22. The van der Waals surface area contributed by atoms with E-state index in [1.54, 1.807) is 0 Å². The summed E-state index contributed by atoms with van der Waals surface area (Å²) < 4.78 is 8.07. The minimum Gasteiger partial charge on any atom is -0.371 e. The molecular formula is C20H24ClN5O2. The molecule has 28 heavy (non-hydrogen) atoms. The average Bonchev–Trinajstić information content (AvgIpc) is 3.31. The van der Waals surface area contributed by atoms with Crippen LogP contribution >= 0.6 is 11.6 Å². The van der Waals surface area contributed by atoms with Crippen LogP contribution in [-0.2, 0) is 17.7 Å². The first-order chi connectivity index (χ1) is 13.7. The number of nitrogens with one attached hydrogen (secondary N) is 1. The van der Waals surface area contributed by atoms with E-state index in [4.69, 9.17) is 16.3 Å². The number of hydrogen-bond acceptors (Lipinski definition) is 5. The highest BCUT2D eigenvalue weighted by Gasteiger charge is 2.38. The van der Waals surface area contributed by atoms with Gasteiger partial charge in [0.25, 0.3) is 5.91 Å². The van der Waals surface area contributed by atoms with Gasteiger partial charge in [0.15, 0.2) is 0 Å². The van der Waals surface area contributed by atoms with Gasteiger partial charge in [-0.1, -0.05) is 23.7 Å². The highest BCUT2D eigenvalue weighted by molar-refractivity contribution is 6.30. The van der Waals surface area contributed by atoms with E-state index in [9.17, 15) is 4.79 Å². The summed E-state index contributed by atoms with van der Waals surface area (Å²) in [7, 11) is 0. The summed E-state index contributed by atoms with van der Waals surface area (Å²) in [6.45, 7) is 3.19. The van der Waals surface area contributed by atoms with Gasteiger partial charge in [-0.25, -0.2) is 0 Å². The molecule has 4 heterocycles. The third-order valence-corrected chi connectivity index (χ3v) is 6.31. The van der Waals surface area contributed by atoms with Crippen molar-refractivity contribution in [2.45, 2.75) is 50.4 Å². The largest absolute Gasteiger partial charge is 0.371 e. The van der Waals surface area contributed by atoms with E-state index in [-0.39, 0.29) is 18.1 Å². The predicted octanol–water partition coefficient (Wildman–Crippen LogP) is 2.21. The normalized spacial score (nSPS) is 27.2. The van der Waals surface area contributed by atoms with E-state index in [1.165, 1.54) is 0 Å². The minimum absolute atomic E-state index is 0.0477. The lowest BCUT2D eigenvalue weighted by Crippen LogP contribution is -2.43. The smallest absolute Gasteiger partial charge is 0.289 e. The first-order valence-electron chi connectivity index (χ1n) is 10.0. The van der Waals surface area contributed by atoms with Gasteiger partial charge < -0.3 is 14.6 Å². The Labute approximate surface area is 169 Å². The van der Waals surface area contributed by atoms with Crippen molar-refractivity contribution in [1.82, 2.24) is 25.0 Å². The molecule has 3 aliphatic heterocycles. The fourth-order valence-corrected chi connectivity index (χ4v) is 4.71. The summed E-state index contributed by atoms with van der Waals surface area (Å²) in [6.07, 6.45) is 4.05. The Kier molecular flexibility index (Phi) is 4.82. The topological polar surface area (TPSA) is 72.3 Å². The van der Waals surface area contributed by atoms with Gasteiger partial charge in [0.1, 0.15) is 5.82 Å². The molecule has 2 fully saturated rings. The van der Waals surface area contributed by atoms with E-state index >= 15 is 0 Å². The van der Waals surface area contributed by atoms with Crippen LogP contribution in [0.3, 0.4) is 0 Å². The van der Waals surface area contributed by atoms with Crippen LogP contribution < -0.4 is 5.32 Å². The fourth-order valence-electron chi connectivity index (χ4n) is 4.58. The molecule has 0 unspecified atom stereocenters. The maximum Gasteiger partial charge on any atom is 0.289 e. The average molecular weight is 402 g/mol. The van der Waals surface area contributed by atoms with Crippen molar-refractivity contribution in [1.29, 1.82) is 0 Å². The zero-order chi connectivity index (χ0) is 19.1. The number of carbonyl (C=O) groups is 1. The molecule has 2 saturated heterocycles. The number of aryl methyl sites for hydroxylation is 1. The van der Waals surface area contributed by atoms with Crippen LogP contribution in [0.25, 0.3) is 0 Å². The Morgan fingerprint density at radius 3 is 2.89 bits per heavy atom. The van der Waals surface area contributed by atoms with Crippen LogP contribution in [0.15, 0.2) is 24.3 Å². The summed E-state index contributed by atoms with van der Waals surface area (Å²) in [6, 6.07) is 8.31. The number of hydrogen-bond donors (Lipinski definition) is 1. The fraction of sp³-hybridized carbons (Fsp3) is 0.550. The molecule has 1 amide bonds. The summed E-state index contributed by atoms with van der Waals surface area (Å²) >= 11 is 5.99. The first-order valence-corrected chi connectivity index (χ1v) is 10.4. The van der Waals surface area contributed by atoms with E-state index in [2.05, 4.69) is 20.4 Å². The number of aromatic nitrogens is 3. The number of amides is 1. The summed E-state index contributed by atoms with van der Waals surface area (Å²) in [5.41, 5.74) is 1.14. The van der Waals surface area contributed by atoms with Crippen LogP contribution in [-0.4, -0.2) is 57.4 Å². The highest BCUT2D eigenvalue weighted by atomic mass is 35.5. The number of morpholine rings is 1. The number of nitrogens with zero attached hydrogens (tertiary/aromatic N) is 4. The Bertz CT molecular complexity index is 868. The second-order valence-electron chi connectivity index (χ2n) is 7.94. The summed E-state index contributed by atoms with van der Waals surface area (Å²) in [4.78, 5) is 15.2. The van der Waals surface area contributed by atoms with E-state index < -0.39 is 0 Å². The van der Waals surface area contributed by atoms with Crippen molar-refractivity contribution in [3.05, 3.63) is 46.5 Å². The quantitative estimate of drug-likeness (QED) is 0.853. The summed E-state index contributed by atoms with van der Waals surface area (Å²) in [5.74, 6) is 1.27. The lowest BCUT2D eigenvalue weighted by atomic mass is 10.1. The lowest BCUT2D eigenvalue weighted by Gasteiger charge is -2.35. The molecule has 2 aromatic rings. The molecule has 148 valence electrons. The molecule has 0 bridgehead atoms. The van der Waals surface area contributed by atoms with Crippen molar-refractivity contribution in [2.75, 3.05) is 19.7 Å². The second kappa shape index (κ2) is 7.46. The number of benzene rings is 1. The summed E-state index contributed by atoms with van der Waals surface area (Å²) in [5, 5.41) is 12.2. The van der Waals surface area contributed by atoms with Gasteiger partial charge in [0.05, 0.1) is 12.7 Å². The Hall–Kier alpha value is -1.96. The van der Waals surface area contributed by atoms with E-state index in [1.807, 2.05) is 28.8 Å². The Morgan fingerprint density at radius 1 is 1.18 bits per heavy atom. The first kappa shape index (κ1) is 18.1. The SMILES string of the molecule is O=C(N[C@@H]1C[C@H]2CO[C@@H](c3ccc(Cl)cc3)CN2C1)c1nnc2n1CCCC2. The number of ether oxygens (including phenoxy) is 1. The van der Waals surface area contributed by atoms with Crippen LogP contribution in [0.1, 0.15) is 47.4 Å². The minimum atomic E-state index is -0.110. The zero-order valence-corrected chi connectivity index (χ0v) is 16.4. The molecule has 0 saturated carbocycles. The molecule has 1 aromatic heterocycles. The van der Waals surface area contributed by atoms with Crippen molar-refractivity contribution in [3.63, 3.8) is 0 Å². The third kappa shape index (κ3) is 3.43. The van der Waals surface area contributed by atoms with Gasteiger partial charge in [-0.3, -0.25) is 9.69 Å².